The maximum atomic E-state index is 11.5. The van der Waals surface area contributed by atoms with Crippen molar-refractivity contribution >= 4 is 16.8 Å². The van der Waals surface area contributed by atoms with Gasteiger partial charge in [0.15, 0.2) is 0 Å². The molecule has 5 heteroatoms. The molecule has 0 bridgehead atoms. The Hall–Kier alpha value is -2.79. The lowest BCUT2D eigenvalue weighted by Crippen LogP contribution is -2.21. The molecule has 0 radical (unpaired) electrons. The molecule has 0 saturated carbocycles. The highest BCUT2D eigenvalue weighted by Gasteiger charge is 2.17. The predicted octanol–water partition coefficient (Wildman–Crippen LogP) is 4.07. The SMILES string of the molecule is CCCOc1ccccc1C(C)NCc1c(C)n(CC(N)=O)c2ccccc12. The van der Waals surface area contributed by atoms with Crippen LogP contribution in [0.1, 0.15) is 43.1 Å². The van der Waals surface area contributed by atoms with Gasteiger partial charge in [-0.05, 0) is 38.0 Å². The third-order valence-corrected chi connectivity index (χ3v) is 5.11. The summed E-state index contributed by atoms with van der Waals surface area (Å²) >= 11 is 0. The highest BCUT2D eigenvalue weighted by Crippen LogP contribution is 2.28. The first kappa shape index (κ1) is 20.0. The first-order chi connectivity index (χ1) is 13.5. The topological polar surface area (TPSA) is 69.3 Å². The Morgan fingerprint density at radius 1 is 1.18 bits per heavy atom. The van der Waals surface area contributed by atoms with Crippen molar-refractivity contribution in [3.05, 3.63) is 65.4 Å². The number of hydrogen-bond acceptors (Lipinski definition) is 3. The molecule has 0 saturated heterocycles. The minimum atomic E-state index is -0.335. The summed E-state index contributed by atoms with van der Waals surface area (Å²) in [6.07, 6.45) is 0.981. The third-order valence-electron chi connectivity index (χ3n) is 5.11. The van der Waals surface area contributed by atoms with E-state index in [1.54, 1.807) is 0 Å². The molecule has 3 N–H and O–H groups in total. The second-order valence-electron chi connectivity index (χ2n) is 7.12. The van der Waals surface area contributed by atoms with Crippen molar-refractivity contribution in [1.82, 2.24) is 9.88 Å². The molecule has 0 aliphatic heterocycles. The van der Waals surface area contributed by atoms with Crippen molar-refractivity contribution < 1.29 is 9.53 Å². The Labute approximate surface area is 166 Å². The Balaban J connectivity index is 1.84. The van der Waals surface area contributed by atoms with Crippen molar-refractivity contribution in [2.24, 2.45) is 5.73 Å². The van der Waals surface area contributed by atoms with Crippen molar-refractivity contribution in [1.29, 1.82) is 0 Å². The number of ether oxygens (including phenoxy) is 1. The Bertz CT molecular complexity index is 962. The smallest absolute Gasteiger partial charge is 0.237 e. The average Bonchev–Trinajstić information content (AvgIpc) is 2.95. The summed E-state index contributed by atoms with van der Waals surface area (Å²) in [5.41, 5.74) is 9.90. The summed E-state index contributed by atoms with van der Waals surface area (Å²) in [5, 5.41) is 4.77. The number of primary amides is 1. The fraction of sp³-hybridized carbons (Fsp3) is 0.348. The lowest BCUT2D eigenvalue weighted by molar-refractivity contribution is -0.118. The molecule has 5 nitrogen and oxygen atoms in total. The summed E-state index contributed by atoms with van der Waals surface area (Å²) in [6, 6.07) is 16.4. The van der Waals surface area contributed by atoms with Gasteiger partial charge in [0.2, 0.25) is 5.91 Å². The van der Waals surface area contributed by atoms with E-state index in [0.29, 0.717) is 13.2 Å². The van der Waals surface area contributed by atoms with Gasteiger partial charge in [0.05, 0.1) is 6.61 Å². The van der Waals surface area contributed by atoms with E-state index in [9.17, 15) is 4.79 Å². The second kappa shape index (κ2) is 8.93. The van der Waals surface area contributed by atoms with E-state index < -0.39 is 0 Å². The molecule has 1 heterocycles. The first-order valence-corrected chi connectivity index (χ1v) is 9.83. The zero-order chi connectivity index (χ0) is 20.1. The molecule has 0 aliphatic rings. The van der Waals surface area contributed by atoms with Crippen LogP contribution in [-0.2, 0) is 17.9 Å². The van der Waals surface area contributed by atoms with Gasteiger partial charge in [-0.3, -0.25) is 4.79 Å². The van der Waals surface area contributed by atoms with Gasteiger partial charge in [0, 0.05) is 34.7 Å². The number of nitrogens with one attached hydrogen (secondary N) is 1. The summed E-state index contributed by atoms with van der Waals surface area (Å²) in [4.78, 5) is 11.5. The first-order valence-electron chi connectivity index (χ1n) is 9.83. The number of fused-ring (bicyclic) bond motifs is 1. The van der Waals surface area contributed by atoms with Gasteiger partial charge >= 0.3 is 0 Å². The number of aromatic nitrogens is 1. The molecule has 1 amide bonds. The van der Waals surface area contributed by atoms with Crippen LogP contribution in [0.25, 0.3) is 10.9 Å². The number of nitrogens with zero attached hydrogens (tertiary/aromatic N) is 1. The van der Waals surface area contributed by atoms with Crippen LogP contribution in [-0.4, -0.2) is 17.1 Å². The maximum absolute atomic E-state index is 11.5. The van der Waals surface area contributed by atoms with Crippen LogP contribution in [0.2, 0.25) is 0 Å². The van der Waals surface area contributed by atoms with E-state index >= 15 is 0 Å². The molecule has 2 aromatic carbocycles. The predicted molar refractivity (Wildman–Crippen MR) is 113 cm³/mol. The van der Waals surface area contributed by atoms with E-state index in [4.69, 9.17) is 10.5 Å². The van der Waals surface area contributed by atoms with Gasteiger partial charge in [0.1, 0.15) is 12.3 Å². The highest BCUT2D eigenvalue weighted by molar-refractivity contribution is 5.87. The molecular weight excluding hydrogens is 350 g/mol. The summed E-state index contributed by atoms with van der Waals surface area (Å²) < 4.78 is 7.90. The van der Waals surface area contributed by atoms with Gasteiger partial charge < -0.3 is 20.4 Å². The normalized spacial score (nSPS) is 12.2. The summed E-state index contributed by atoms with van der Waals surface area (Å²) in [5.74, 6) is 0.593. The van der Waals surface area contributed by atoms with Crippen molar-refractivity contribution in [3.8, 4) is 5.75 Å². The number of benzene rings is 2. The minimum absolute atomic E-state index is 0.130. The Kier molecular flexibility index (Phi) is 6.37. The third kappa shape index (κ3) is 4.20. The highest BCUT2D eigenvalue weighted by atomic mass is 16.5. The van der Waals surface area contributed by atoms with Crippen LogP contribution in [0.3, 0.4) is 0 Å². The van der Waals surface area contributed by atoms with Gasteiger partial charge in [-0.25, -0.2) is 0 Å². The summed E-state index contributed by atoms with van der Waals surface area (Å²) in [6.45, 7) is 7.89. The Morgan fingerprint density at radius 3 is 2.64 bits per heavy atom. The number of para-hydroxylation sites is 2. The Morgan fingerprint density at radius 2 is 1.89 bits per heavy atom. The maximum Gasteiger partial charge on any atom is 0.237 e. The number of rotatable bonds is 9. The fourth-order valence-electron chi connectivity index (χ4n) is 3.63. The van der Waals surface area contributed by atoms with E-state index in [1.165, 1.54) is 5.56 Å². The van der Waals surface area contributed by atoms with Crippen LogP contribution >= 0.6 is 0 Å². The second-order valence-corrected chi connectivity index (χ2v) is 7.12. The number of carbonyl (C=O) groups is 1. The fourth-order valence-corrected chi connectivity index (χ4v) is 3.63. The van der Waals surface area contributed by atoms with Gasteiger partial charge in [-0.2, -0.15) is 0 Å². The lowest BCUT2D eigenvalue weighted by atomic mass is 10.1. The van der Waals surface area contributed by atoms with E-state index in [2.05, 4.69) is 31.3 Å². The molecule has 1 atom stereocenters. The largest absolute Gasteiger partial charge is 0.493 e. The van der Waals surface area contributed by atoms with Crippen LogP contribution in [0, 0.1) is 6.92 Å². The number of hydrogen-bond donors (Lipinski definition) is 2. The molecule has 3 rings (SSSR count). The van der Waals surface area contributed by atoms with E-state index in [-0.39, 0.29) is 18.5 Å². The van der Waals surface area contributed by atoms with Gasteiger partial charge in [-0.15, -0.1) is 0 Å². The quantitative estimate of drug-likeness (QED) is 0.589. The van der Waals surface area contributed by atoms with Crippen molar-refractivity contribution in [2.75, 3.05) is 6.61 Å². The van der Waals surface area contributed by atoms with Crippen LogP contribution in [0.15, 0.2) is 48.5 Å². The lowest BCUT2D eigenvalue weighted by Gasteiger charge is -2.18. The zero-order valence-corrected chi connectivity index (χ0v) is 16.9. The molecule has 148 valence electrons. The zero-order valence-electron chi connectivity index (χ0n) is 16.9. The summed E-state index contributed by atoms with van der Waals surface area (Å²) in [7, 11) is 0. The molecular formula is C23H29N3O2. The standard InChI is InChI=1S/C23H29N3O2/c1-4-13-28-22-12-8-6-9-18(22)16(2)25-14-20-17(3)26(15-23(24)27)21-11-7-5-10-19(20)21/h5-12,16,25H,4,13-15H2,1-3H3,(H2,24,27). The van der Waals surface area contributed by atoms with E-state index in [0.717, 1.165) is 34.3 Å². The number of nitrogens with two attached hydrogens (primary N) is 1. The molecule has 0 spiro atoms. The van der Waals surface area contributed by atoms with Crippen LogP contribution in [0.5, 0.6) is 5.75 Å². The van der Waals surface area contributed by atoms with Crippen LogP contribution in [0.4, 0.5) is 0 Å². The van der Waals surface area contributed by atoms with Crippen molar-refractivity contribution in [3.63, 3.8) is 0 Å². The number of amides is 1. The number of carbonyl (C=O) groups excluding carboxylic acids is 1. The molecule has 3 aromatic rings. The van der Waals surface area contributed by atoms with Gasteiger partial charge in [-0.1, -0.05) is 43.3 Å². The minimum Gasteiger partial charge on any atom is -0.493 e. The molecule has 28 heavy (non-hydrogen) atoms. The van der Waals surface area contributed by atoms with Crippen LogP contribution < -0.4 is 15.8 Å². The molecule has 1 unspecified atom stereocenters. The van der Waals surface area contributed by atoms with E-state index in [1.807, 2.05) is 47.9 Å². The molecule has 0 fully saturated rings. The molecule has 1 aromatic heterocycles. The monoisotopic (exact) mass is 379 g/mol. The van der Waals surface area contributed by atoms with Crippen molar-refractivity contribution in [2.45, 2.75) is 46.3 Å². The van der Waals surface area contributed by atoms with Gasteiger partial charge in [0.25, 0.3) is 0 Å². The molecule has 0 aliphatic carbocycles. The average molecular weight is 380 g/mol.